The summed E-state index contributed by atoms with van der Waals surface area (Å²) in [4.78, 5) is 23.3. The molecular formula is C13H23NO5S. The van der Waals surface area contributed by atoms with E-state index in [4.69, 9.17) is 4.74 Å². The first-order valence-electron chi connectivity index (χ1n) is 6.64. The van der Waals surface area contributed by atoms with Crippen LogP contribution in [0.3, 0.4) is 0 Å². The summed E-state index contributed by atoms with van der Waals surface area (Å²) < 4.78 is 28.0. The molecule has 0 saturated carbocycles. The van der Waals surface area contributed by atoms with E-state index in [0.29, 0.717) is 6.42 Å². The van der Waals surface area contributed by atoms with Crippen LogP contribution >= 0.6 is 0 Å². The molecule has 1 atom stereocenters. The maximum absolute atomic E-state index is 11.8. The molecule has 1 unspecified atom stereocenters. The number of rotatable bonds is 4. The largest absolute Gasteiger partial charge is 0.460 e. The van der Waals surface area contributed by atoms with Crippen molar-refractivity contribution in [1.82, 2.24) is 5.32 Å². The fourth-order valence-corrected chi connectivity index (χ4v) is 4.21. The first-order chi connectivity index (χ1) is 8.91. The number of carbonyl (C=O) groups is 2. The summed E-state index contributed by atoms with van der Waals surface area (Å²) in [6, 6.07) is 0. The average molecular weight is 305 g/mol. The van der Waals surface area contributed by atoms with Gasteiger partial charge in [0.15, 0.2) is 9.84 Å². The summed E-state index contributed by atoms with van der Waals surface area (Å²) in [7, 11) is -3.06. The second-order valence-electron chi connectivity index (χ2n) is 6.54. The molecule has 1 amide bonds. The molecule has 1 aliphatic heterocycles. The molecule has 0 aliphatic carbocycles. The third kappa shape index (κ3) is 5.90. The molecule has 0 aromatic carbocycles. The molecule has 7 heteroatoms. The molecular weight excluding hydrogens is 282 g/mol. The lowest BCUT2D eigenvalue weighted by Gasteiger charge is -2.24. The second-order valence-corrected chi connectivity index (χ2v) is 8.72. The summed E-state index contributed by atoms with van der Waals surface area (Å²) in [5.41, 5.74) is -1.29. The van der Waals surface area contributed by atoms with Gasteiger partial charge in [-0.3, -0.25) is 9.59 Å². The first-order valence-corrected chi connectivity index (χ1v) is 8.46. The lowest BCUT2D eigenvalue weighted by Crippen LogP contribution is -2.47. The number of carbonyl (C=O) groups excluding carboxylic acids is 2. The molecule has 0 bridgehead atoms. The summed E-state index contributed by atoms with van der Waals surface area (Å²) in [6.07, 6.45) is 0.407. The van der Waals surface area contributed by atoms with Crippen molar-refractivity contribution in [3.8, 4) is 0 Å². The Bertz CT molecular complexity index is 491. The Balaban J connectivity index is 2.40. The monoisotopic (exact) mass is 305 g/mol. The van der Waals surface area contributed by atoms with Gasteiger partial charge < -0.3 is 10.1 Å². The van der Waals surface area contributed by atoms with Crippen LogP contribution in [0.15, 0.2) is 0 Å². The molecule has 0 radical (unpaired) electrons. The normalized spacial score (nSPS) is 25.2. The van der Waals surface area contributed by atoms with Gasteiger partial charge in [0, 0.05) is 6.42 Å². The molecule has 0 aromatic rings. The van der Waals surface area contributed by atoms with Gasteiger partial charge in [0.05, 0.1) is 23.5 Å². The van der Waals surface area contributed by atoms with Gasteiger partial charge in [-0.1, -0.05) is 0 Å². The van der Waals surface area contributed by atoms with E-state index >= 15 is 0 Å². The minimum absolute atomic E-state index is 0.00451. The molecule has 1 N–H and O–H groups in total. The Hall–Kier alpha value is -1.11. The highest BCUT2D eigenvalue weighted by atomic mass is 32.2. The third-order valence-corrected chi connectivity index (χ3v) is 4.82. The molecule has 1 heterocycles. The van der Waals surface area contributed by atoms with Crippen molar-refractivity contribution in [3.63, 3.8) is 0 Å². The van der Waals surface area contributed by atoms with Crippen LogP contribution in [0.2, 0.25) is 0 Å². The lowest BCUT2D eigenvalue weighted by atomic mass is 10.0. The van der Waals surface area contributed by atoms with Crippen molar-refractivity contribution in [2.45, 2.75) is 58.1 Å². The Morgan fingerprint density at radius 1 is 1.25 bits per heavy atom. The van der Waals surface area contributed by atoms with Crippen LogP contribution in [0, 0.1) is 0 Å². The van der Waals surface area contributed by atoms with E-state index in [0.717, 1.165) is 0 Å². The Kier molecular flexibility index (Phi) is 4.84. The molecule has 0 aromatic heterocycles. The lowest BCUT2D eigenvalue weighted by molar-refractivity contribution is -0.155. The molecule has 1 fully saturated rings. The van der Waals surface area contributed by atoms with Gasteiger partial charge in [-0.15, -0.1) is 0 Å². The van der Waals surface area contributed by atoms with E-state index in [1.54, 1.807) is 27.7 Å². The van der Waals surface area contributed by atoms with Crippen LogP contribution in [-0.4, -0.2) is 42.9 Å². The Morgan fingerprint density at radius 3 is 2.30 bits per heavy atom. The van der Waals surface area contributed by atoms with Crippen molar-refractivity contribution in [1.29, 1.82) is 0 Å². The minimum Gasteiger partial charge on any atom is -0.460 e. The van der Waals surface area contributed by atoms with E-state index in [1.165, 1.54) is 0 Å². The number of sulfone groups is 1. The van der Waals surface area contributed by atoms with Gasteiger partial charge in [0.2, 0.25) is 5.91 Å². The summed E-state index contributed by atoms with van der Waals surface area (Å²) in [5.74, 6) is -0.707. The molecule has 1 rings (SSSR count). The van der Waals surface area contributed by atoms with E-state index in [1.807, 2.05) is 0 Å². The second kappa shape index (κ2) is 5.71. The predicted molar refractivity (Wildman–Crippen MR) is 74.9 cm³/mol. The van der Waals surface area contributed by atoms with Crippen LogP contribution in [0.5, 0.6) is 0 Å². The zero-order chi connectivity index (χ0) is 15.6. The maximum Gasteiger partial charge on any atom is 0.306 e. The van der Waals surface area contributed by atoms with Crippen LogP contribution in [0.1, 0.15) is 47.0 Å². The Morgan fingerprint density at radius 2 is 1.85 bits per heavy atom. The van der Waals surface area contributed by atoms with E-state index in [2.05, 4.69) is 5.32 Å². The molecule has 20 heavy (non-hydrogen) atoms. The maximum atomic E-state index is 11.8. The van der Waals surface area contributed by atoms with E-state index in [-0.39, 0.29) is 30.3 Å². The SMILES string of the molecule is CC1(NC(=O)CCC(=O)OC(C)(C)C)CCS(=O)(=O)C1. The van der Waals surface area contributed by atoms with Gasteiger partial charge in [0.1, 0.15) is 5.60 Å². The number of hydrogen-bond acceptors (Lipinski definition) is 5. The van der Waals surface area contributed by atoms with Gasteiger partial charge in [0.25, 0.3) is 0 Å². The van der Waals surface area contributed by atoms with Gasteiger partial charge in [-0.05, 0) is 34.1 Å². The molecule has 6 nitrogen and oxygen atoms in total. The van der Waals surface area contributed by atoms with Crippen molar-refractivity contribution in [2.75, 3.05) is 11.5 Å². The standard InChI is InChI=1S/C13H23NO5S/c1-12(2,3)19-11(16)6-5-10(15)14-13(4)7-8-20(17,18)9-13/h5-9H2,1-4H3,(H,14,15). The fraction of sp³-hybridized carbons (Fsp3) is 0.846. The number of nitrogens with one attached hydrogen (secondary N) is 1. The first kappa shape index (κ1) is 16.9. The van der Waals surface area contributed by atoms with Crippen molar-refractivity contribution >= 4 is 21.7 Å². The zero-order valence-corrected chi connectivity index (χ0v) is 13.3. The molecule has 1 aliphatic rings. The highest BCUT2D eigenvalue weighted by Gasteiger charge is 2.39. The Labute approximate surface area is 120 Å². The summed E-state index contributed by atoms with van der Waals surface area (Å²) >= 11 is 0. The highest BCUT2D eigenvalue weighted by Crippen LogP contribution is 2.23. The molecule has 116 valence electrons. The van der Waals surface area contributed by atoms with E-state index < -0.39 is 26.9 Å². The van der Waals surface area contributed by atoms with Crippen molar-refractivity contribution in [3.05, 3.63) is 0 Å². The van der Waals surface area contributed by atoms with Gasteiger partial charge in [-0.25, -0.2) is 8.42 Å². The van der Waals surface area contributed by atoms with Gasteiger partial charge in [-0.2, -0.15) is 0 Å². The minimum atomic E-state index is -3.06. The van der Waals surface area contributed by atoms with Crippen molar-refractivity contribution in [2.24, 2.45) is 0 Å². The molecule has 0 spiro atoms. The van der Waals surface area contributed by atoms with Crippen molar-refractivity contribution < 1.29 is 22.7 Å². The van der Waals surface area contributed by atoms with Crippen LogP contribution < -0.4 is 5.32 Å². The average Bonchev–Trinajstić information content (AvgIpc) is 2.47. The highest BCUT2D eigenvalue weighted by molar-refractivity contribution is 7.91. The summed E-state index contributed by atoms with van der Waals surface area (Å²) in [5, 5.41) is 2.70. The van der Waals surface area contributed by atoms with Crippen LogP contribution in [0.25, 0.3) is 0 Å². The zero-order valence-electron chi connectivity index (χ0n) is 12.5. The predicted octanol–water partition coefficient (Wildman–Crippen LogP) is 0.802. The molecule has 1 saturated heterocycles. The number of ether oxygens (including phenoxy) is 1. The number of hydrogen-bond donors (Lipinski definition) is 1. The topological polar surface area (TPSA) is 89.5 Å². The smallest absolute Gasteiger partial charge is 0.306 e. The fourth-order valence-electron chi connectivity index (χ4n) is 2.12. The number of esters is 1. The quantitative estimate of drug-likeness (QED) is 0.776. The van der Waals surface area contributed by atoms with Gasteiger partial charge >= 0.3 is 5.97 Å². The van der Waals surface area contributed by atoms with Crippen LogP contribution in [0.4, 0.5) is 0 Å². The summed E-state index contributed by atoms with van der Waals surface area (Å²) in [6.45, 7) is 6.99. The van der Waals surface area contributed by atoms with E-state index in [9.17, 15) is 18.0 Å². The van der Waals surface area contributed by atoms with Crippen LogP contribution in [-0.2, 0) is 24.2 Å². The third-order valence-electron chi connectivity index (χ3n) is 2.92. The number of amides is 1.